The van der Waals surface area contributed by atoms with Gasteiger partial charge in [-0.05, 0) is 0 Å². The summed E-state index contributed by atoms with van der Waals surface area (Å²) in [6, 6.07) is 0. The molecular weight excluding hydrogens is 151 g/mol. The van der Waals surface area contributed by atoms with E-state index in [0.717, 1.165) is 0 Å². The van der Waals surface area contributed by atoms with Gasteiger partial charge < -0.3 is 0 Å². The number of hydrogen-bond acceptors (Lipinski definition) is 1. The zero-order valence-electron chi connectivity index (χ0n) is 2.34. The number of thiocarbonyl (C=S) groups is 1. The average Bonchev–Trinajstić information content (AvgIpc) is 1.38. The minimum atomic E-state index is 0.157. The van der Waals surface area contributed by atoms with Crippen LogP contribution in [0.25, 0.3) is 0 Å². The molecule has 0 aromatic heterocycles. The SMILES string of the molecule is NC(=S)N=[Se]. The fourth-order valence-electron chi connectivity index (χ4n) is 0. The van der Waals surface area contributed by atoms with E-state index in [1.807, 2.05) is 0 Å². The number of nitrogens with two attached hydrogens (primary N) is 1. The van der Waals surface area contributed by atoms with Gasteiger partial charge in [0.15, 0.2) is 0 Å². The van der Waals surface area contributed by atoms with E-state index in [0.29, 0.717) is 0 Å². The van der Waals surface area contributed by atoms with Gasteiger partial charge in [0.05, 0.1) is 0 Å². The van der Waals surface area contributed by atoms with Crippen molar-refractivity contribution in [3.63, 3.8) is 0 Å². The first-order valence-corrected chi connectivity index (χ1v) is 2.07. The van der Waals surface area contributed by atoms with Crippen LogP contribution in [0.2, 0.25) is 0 Å². The fourth-order valence-corrected chi connectivity index (χ4v) is 0. The molecule has 2 N–H and O–H groups in total. The van der Waals surface area contributed by atoms with Gasteiger partial charge in [-0.15, -0.1) is 0 Å². The normalized spacial score (nSPS) is 6.40. The molecule has 5 heavy (non-hydrogen) atoms. The van der Waals surface area contributed by atoms with E-state index in [1.54, 1.807) is 0 Å². The van der Waals surface area contributed by atoms with E-state index in [-0.39, 0.29) is 5.11 Å². The molecule has 0 radical (unpaired) electrons. The van der Waals surface area contributed by atoms with Gasteiger partial charge in [0.1, 0.15) is 0 Å². The summed E-state index contributed by atoms with van der Waals surface area (Å²) >= 11 is 6.58. The second-order valence-corrected chi connectivity index (χ2v) is 1.23. The Balaban J connectivity index is 3.20. The van der Waals surface area contributed by atoms with Crippen LogP contribution in [0.15, 0.2) is 3.96 Å². The molecule has 0 saturated carbocycles. The standard InChI is InChI=1S/CH2N2SSe/c2-1(4)3-5/h(H2,2,4). The van der Waals surface area contributed by atoms with Gasteiger partial charge in [0.25, 0.3) is 0 Å². The van der Waals surface area contributed by atoms with Crippen molar-refractivity contribution in [3.8, 4) is 0 Å². The fraction of sp³-hybridized carbons (Fsp3) is 0. The molecule has 0 aliphatic heterocycles. The first-order chi connectivity index (χ1) is 2.27. The molecule has 0 spiro atoms. The van der Waals surface area contributed by atoms with Crippen LogP contribution in [0.4, 0.5) is 0 Å². The second-order valence-electron chi connectivity index (χ2n) is 0.430. The number of nitrogens with zero attached hydrogens (tertiary/aromatic N) is 1. The van der Waals surface area contributed by atoms with Gasteiger partial charge in [0, 0.05) is 0 Å². The summed E-state index contributed by atoms with van der Waals surface area (Å²) in [5, 5.41) is 0.157. The summed E-state index contributed by atoms with van der Waals surface area (Å²) in [5.41, 5.74) is 4.83. The Morgan fingerprint density at radius 2 is 2.20 bits per heavy atom. The van der Waals surface area contributed by atoms with Crippen molar-refractivity contribution in [3.05, 3.63) is 0 Å². The van der Waals surface area contributed by atoms with Crippen LogP contribution in [0.3, 0.4) is 0 Å². The Kier molecular flexibility index (Phi) is 2.55. The first kappa shape index (κ1) is 5.21. The van der Waals surface area contributed by atoms with Gasteiger partial charge in [-0.25, -0.2) is 0 Å². The third kappa shape index (κ3) is 4.21. The molecular formula is CH2N2SSe. The maximum atomic E-state index is 4.83. The summed E-state index contributed by atoms with van der Waals surface area (Å²) in [4.78, 5) is 0. The maximum absolute atomic E-state index is 4.83. The molecule has 0 heterocycles. The topological polar surface area (TPSA) is 38.4 Å². The minimum absolute atomic E-state index is 0.157. The van der Waals surface area contributed by atoms with E-state index < -0.39 is 0 Å². The van der Waals surface area contributed by atoms with Crippen LogP contribution in [-0.4, -0.2) is 20.9 Å². The van der Waals surface area contributed by atoms with Crippen LogP contribution in [-0.2, 0) is 0 Å². The zero-order valence-corrected chi connectivity index (χ0v) is 4.87. The Morgan fingerprint density at radius 1 is 2.00 bits per heavy atom. The predicted octanol–water partition coefficient (Wildman–Crippen LogP) is -0.418. The zero-order chi connectivity index (χ0) is 4.28. The van der Waals surface area contributed by atoms with Gasteiger partial charge in [-0.2, -0.15) is 0 Å². The van der Waals surface area contributed by atoms with Crippen molar-refractivity contribution in [2.24, 2.45) is 9.70 Å². The monoisotopic (exact) mass is 154 g/mol. The van der Waals surface area contributed by atoms with Crippen LogP contribution in [0.1, 0.15) is 0 Å². The summed E-state index contributed by atoms with van der Waals surface area (Å²) in [6.07, 6.45) is 0. The van der Waals surface area contributed by atoms with Crippen molar-refractivity contribution in [2.75, 3.05) is 0 Å². The van der Waals surface area contributed by atoms with Crippen LogP contribution in [0.5, 0.6) is 0 Å². The Morgan fingerprint density at radius 3 is 2.20 bits per heavy atom. The quantitative estimate of drug-likeness (QED) is 0.379. The van der Waals surface area contributed by atoms with E-state index in [4.69, 9.17) is 5.73 Å². The summed E-state index contributed by atoms with van der Waals surface area (Å²) < 4.78 is 3.27. The van der Waals surface area contributed by atoms with Crippen molar-refractivity contribution >= 4 is 33.1 Å². The molecule has 0 aromatic carbocycles. The van der Waals surface area contributed by atoms with E-state index in [1.165, 1.54) is 0 Å². The van der Waals surface area contributed by atoms with E-state index in [2.05, 4.69) is 32.0 Å². The van der Waals surface area contributed by atoms with Gasteiger partial charge in [-0.1, -0.05) is 0 Å². The Bertz CT molecular complexity index is 60.7. The van der Waals surface area contributed by atoms with E-state index >= 15 is 0 Å². The third-order valence-electron chi connectivity index (χ3n) is 0.0900. The van der Waals surface area contributed by atoms with Crippen LogP contribution < -0.4 is 5.73 Å². The average molecular weight is 153 g/mol. The molecule has 0 atom stereocenters. The number of hydrogen-bond donors (Lipinski definition) is 1. The Hall–Kier alpha value is 0.209. The molecule has 0 bridgehead atoms. The Labute approximate surface area is 43.4 Å². The molecule has 0 unspecified atom stereocenters. The molecule has 0 aliphatic rings. The van der Waals surface area contributed by atoms with Gasteiger partial charge in [-0.3, -0.25) is 0 Å². The summed E-state index contributed by atoms with van der Waals surface area (Å²) in [5.74, 6) is 0. The number of rotatable bonds is 0. The van der Waals surface area contributed by atoms with Crippen molar-refractivity contribution in [1.29, 1.82) is 0 Å². The van der Waals surface area contributed by atoms with Crippen molar-refractivity contribution < 1.29 is 0 Å². The predicted molar refractivity (Wildman–Crippen MR) is 25.0 cm³/mol. The van der Waals surface area contributed by atoms with Crippen LogP contribution in [0, 0.1) is 0 Å². The summed E-state index contributed by atoms with van der Waals surface area (Å²) in [6.45, 7) is 0. The van der Waals surface area contributed by atoms with Crippen LogP contribution >= 0.6 is 12.2 Å². The molecule has 0 saturated heterocycles. The molecule has 0 aromatic rings. The molecule has 0 aliphatic carbocycles. The van der Waals surface area contributed by atoms with E-state index in [9.17, 15) is 0 Å². The molecule has 0 amide bonds. The molecule has 28 valence electrons. The molecule has 0 rings (SSSR count). The van der Waals surface area contributed by atoms with Gasteiger partial charge in [0.2, 0.25) is 0 Å². The van der Waals surface area contributed by atoms with Crippen molar-refractivity contribution in [1.82, 2.24) is 0 Å². The molecule has 4 heteroatoms. The molecule has 2 nitrogen and oxygen atoms in total. The van der Waals surface area contributed by atoms with Crippen molar-refractivity contribution in [2.45, 2.75) is 0 Å². The van der Waals surface area contributed by atoms with Gasteiger partial charge >= 0.3 is 42.8 Å². The first-order valence-electron chi connectivity index (χ1n) is 0.899. The second kappa shape index (κ2) is 2.45. The third-order valence-corrected chi connectivity index (χ3v) is 0.855. The molecule has 0 fully saturated rings. The summed E-state index contributed by atoms with van der Waals surface area (Å²) in [7, 11) is 0.